The van der Waals surface area contributed by atoms with E-state index in [1.807, 2.05) is 62.5 Å². The Morgan fingerprint density at radius 2 is 1.75 bits per heavy atom. The van der Waals surface area contributed by atoms with Gasteiger partial charge in [-0.15, -0.1) is 10.8 Å². The molecule has 1 heterocycles. The van der Waals surface area contributed by atoms with Crippen LogP contribution in [0.1, 0.15) is 25.3 Å². The number of rotatable bonds is 5. The average molecular weight is 346 g/mol. The van der Waals surface area contributed by atoms with Gasteiger partial charge in [-0.3, -0.25) is 9.11 Å². The van der Waals surface area contributed by atoms with Crippen molar-refractivity contribution in [1.29, 1.82) is 0 Å². The van der Waals surface area contributed by atoms with Gasteiger partial charge >= 0.3 is 0 Å². The van der Waals surface area contributed by atoms with Gasteiger partial charge in [-0.25, -0.2) is 4.31 Å². The van der Waals surface area contributed by atoms with Crippen LogP contribution in [-0.4, -0.2) is 27.4 Å². The van der Waals surface area contributed by atoms with Crippen molar-refractivity contribution in [2.24, 2.45) is 0 Å². The van der Waals surface area contributed by atoms with E-state index in [1.54, 1.807) is 4.31 Å². The summed E-state index contributed by atoms with van der Waals surface area (Å²) in [4.78, 5) is 0. The fraction of sp³-hybridized carbons (Fsp3) is 0.368. The smallest absolute Gasteiger partial charge is 0.0813 e. The standard InChI is InChI=1S/C19H26N2O2S/c1-19(13-8-14-20-2)15-16-9-6-7-12-18(16)21(24(19,22)23)17-10-4-3-5-11-17/h3-7,9-12,20,22-23H,8,13-15H2,1-2H3. The largest absolute Gasteiger partial charge is 0.320 e. The van der Waals surface area contributed by atoms with Crippen LogP contribution in [0.3, 0.4) is 0 Å². The maximum absolute atomic E-state index is 11.3. The molecule has 0 saturated heterocycles. The van der Waals surface area contributed by atoms with Crippen LogP contribution >= 0.6 is 10.8 Å². The normalized spacial score (nSPS) is 23.6. The topological polar surface area (TPSA) is 55.7 Å². The van der Waals surface area contributed by atoms with E-state index in [0.717, 1.165) is 30.8 Å². The van der Waals surface area contributed by atoms with Crippen LogP contribution in [0, 0.1) is 0 Å². The van der Waals surface area contributed by atoms with Crippen LogP contribution in [-0.2, 0) is 6.42 Å². The van der Waals surface area contributed by atoms with E-state index in [-0.39, 0.29) is 0 Å². The van der Waals surface area contributed by atoms with Crippen molar-refractivity contribution in [3.63, 3.8) is 0 Å². The summed E-state index contributed by atoms with van der Waals surface area (Å²) in [5.74, 6) is 0. The Hall–Kier alpha value is -1.53. The molecule has 0 bridgehead atoms. The number of nitrogens with zero attached hydrogens (tertiary/aromatic N) is 1. The predicted molar refractivity (Wildman–Crippen MR) is 103 cm³/mol. The molecule has 0 amide bonds. The molecular weight excluding hydrogens is 320 g/mol. The zero-order chi connectivity index (χ0) is 17.2. The van der Waals surface area contributed by atoms with Crippen molar-refractivity contribution < 1.29 is 9.11 Å². The predicted octanol–water partition coefficient (Wildman–Crippen LogP) is 4.80. The summed E-state index contributed by atoms with van der Waals surface area (Å²) < 4.78 is 23.8. The van der Waals surface area contributed by atoms with Gasteiger partial charge in [0.05, 0.1) is 16.1 Å². The van der Waals surface area contributed by atoms with E-state index < -0.39 is 15.5 Å². The number of hydrogen-bond acceptors (Lipinski definition) is 4. The lowest BCUT2D eigenvalue weighted by Gasteiger charge is -2.58. The summed E-state index contributed by atoms with van der Waals surface area (Å²) in [7, 11) is -1.08. The van der Waals surface area contributed by atoms with E-state index in [2.05, 4.69) is 11.4 Å². The Bertz CT molecular complexity index is 693. The number of hydrogen-bond donors (Lipinski definition) is 3. The summed E-state index contributed by atoms with van der Waals surface area (Å²) in [6, 6.07) is 17.7. The molecule has 0 aliphatic carbocycles. The lowest BCUT2D eigenvalue weighted by atomic mass is 9.94. The molecule has 0 radical (unpaired) electrons. The monoisotopic (exact) mass is 346 g/mol. The van der Waals surface area contributed by atoms with E-state index in [9.17, 15) is 9.11 Å². The second kappa shape index (κ2) is 6.76. The van der Waals surface area contributed by atoms with Crippen molar-refractivity contribution in [3.05, 3.63) is 60.2 Å². The molecular formula is C19H26N2O2S. The third-order valence-electron chi connectivity index (χ3n) is 4.81. The second-order valence-electron chi connectivity index (χ2n) is 6.61. The Kier molecular flexibility index (Phi) is 4.88. The maximum Gasteiger partial charge on any atom is 0.0813 e. The number of benzene rings is 2. The third kappa shape index (κ3) is 2.93. The molecule has 2 aromatic rings. The van der Waals surface area contributed by atoms with Crippen LogP contribution in [0.4, 0.5) is 11.4 Å². The molecule has 130 valence electrons. The van der Waals surface area contributed by atoms with Crippen molar-refractivity contribution in [1.82, 2.24) is 5.32 Å². The number of fused-ring (bicyclic) bond motifs is 1. The molecule has 0 spiro atoms. The molecule has 3 N–H and O–H groups in total. The van der Waals surface area contributed by atoms with Crippen LogP contribution in [0.2, 0.25) is 0 Å². The second-order valence-corrected chi connectivity index (χ2v) is 9.00. The molecule has 4 nitrogen and oxygen atoms in total. The molecule has 3 rings (SSSR count). The van der Waals surface area contributed by atoms with E-state index in [1.165, 1.54) is 5.56 Å². The highest BCUT2D eigenvalue weighted by molar-refractivity contribution is 8.26. The van der Waals surface area contributed by atoms with Gasteiger partial charge in [0.15, 0.2) is 0 Å². The van der Waals surface area contributed by atoms with Gasteiger partial charge < -0.3 is 5.32 Å². The summed E-state index contributed by atoms with van der Waals surface area (Å²) >= 11 is 0. The number of nitrogens with one attached hydrogen (secondary N) is 1. The summed E-state index contributed by atoms with van der Waals surface area (Å²) in [5, 5.41) is 3.15. The summed E-state index contributed by atoms with van der Waals surface area (Å²) in [6.45, 7) is 2.88. The minimum absolute atomic E-state index is 0.575. The first-order valence-corrected chi connectivity index (χ1v) is 9.86. The molecule has 0 aromatic heterocycles. The molecule has 0 saturated carbocycles. The van der Waals surface area contributed by atoms with Gasteiger partial charge in [-0.2, -0.15) is 0 Å². The van der Waals surface area contributed by atoms with Crippen LogP contribution in [0.25, 0.3) is 0 Å². The first kappa shape index (κ1) is 17.3. The van der Waals surface area contributed by atoms with Crippen molar-refractivity contribution >= 4 is 22.2 Å². The molecule has 1 aliphatic heterocycles. The lowest BCUT2D eigenvalue weighted by molar-refractivity contribution is 0.404. The molecule has 1 aliphatic rings. The fourth-order valence-corrected chi connectivity index (χ4v) is 5.51. The van der Waals surface area contributed by atoms with E-state index in [0.29, 0.717) is 6.42 Å². The highest BCUT2D eigenvalue weighted by Crippen LogP contribution is 2.66. The van der Waals surface area contributed by atoms with Crippen molar-refractivity contribution in [2.45, 2.75) is 30.9 Å². The van der Waals surface area contributed by atoms with Crippen LogP contribution in [0.5, 0.6) is 0 Å². The van der Waals surface area contributed by atoms with Gasteiger partial charge in [0, 0.05) is 0 Å². The van der Waals surface area contributed by atoms with Gasteiger partial charge in [-0.1, -0.05) is 36.4 Å². The van der Waals surface area contributed by atoms with Crippen LogP contribution < -0.4 is 9.62 Å². The molecule has 0 fully saturated rings. The SMILES string of the molecule is CNCCCC1(C)Cc2ccccc2N(c2ccccc2)S1(O)O. The molecule has 5 heteroatoms. The Morgan fingerprint density at radius 3 is 2.46 bits per heavy atom. The Balaban J connectivity index is 2.08. The highest BCUT2D eigenvalue weighted by Gasteiger charge is 2.47. The maximum atomic E-state index is 11.3. The quantitative estimate of drug-likeness (QED) is 0.680. The fourth-order valence-electron chi connectivity index (χ4n) is 3.43. The van der Waals surface area contributed by atoms with Gasteiger partial charge in [0.1, 0.15) is 0 Å². The zero-order valence-corrected chi connectivity index (χ0v) is 15.1. The van der Waals surface area contributed by atoms with Gasteiger partial charge in [-0.05, 0) is 63.5 Å². The first-order valence-electron chi connectivity index (χ1n) is 8.35. The highest BCUT2D eigenvalue weighted by atomic mass is 32.3. The molecule has 24 heavy (non-hydrogen) atoms. The van der Waals surface area contributed by atoms with E-state index in [4.69, 9.17) is 0 Å². The number of anilines is 2. The molecule has 2 aromatic carbocycles. The number of para-hydroxylation sites is 2. The third-order valence-corrected chi connectivity index (χ3v) is 7.40. The Morgan fingerprint density at radius 1 is 1.08 bits per heavy atom. The molecule has 1 atom stereocenters. The first-order chi connectivity index (χ1) is 11.5. The average Bonchev–Trinajstić information content (AvgIpc) is 2.57. The van der Waals surface area contributed by atoms with Gasteiger partial charge in [0.25, 0.3) is 0 Å². The van der Waals surface area contributed by atoms with Crippen molar-refractivity contribution in [3.8, 4) is 0 Å². The van der Waals surface area contributed by atoms with E-state index >= 15 is 0 Å². The van der Waals surface area contributed by atoms with Crippen molar-refractivity contribution in [2.75, 3.05) is 17.9 Å². The summed E-state index contributed by atoms with van der Waals surface area (Å²) in [5.41, 5.74) is 2.89. The molecule has 1 unspecified atom stereocenters. The lowest BCUT2D eigenvalue weighted by Crippen LogP contribution is -2.46. The minimum Gasteiger partial charge on any atom is -0.320 e. The van der Waals surface area contributed by atoms with Crippen LogP contribution in [0.15, 0.2) is 54.6 Å². The van der Waals surface area contributed by atoms with Gasteiger partial charge in [0.2, 0.25) is 0 Å². The minimum atomic E-state index is -3.01. The zero-order valence-electron chi connectivity index (χ0n) is 14.3. The summed E-state index contributed by atoms with van der Waals surface area (Å²) in [6.07, 6.45) is 2.35. The Labute approximate surface area is 146 Å².